The summed E-state index contributed by atoms with van der Waals surface area (Å²) >= 11 is 19.4. The van der Waals surface area contributed by atoms with E-state index in [9.17, 15) is 9.59 Å². The van der Waals surface area contributed by atoms with Crippen LogP contribution >= 0.6 is 34.8 Å². The third-order valence-corrected chi connectivity index (χ3v) is 6.99. The van der Waals surface area contributed by atoms with Crippen molar-refractivity contribution in [3.05, 3.63) is 74.2 Å². The summed E-state index contributed by atoms with van der Waals surface area (Å²) in [4.78, 5) is 31.7. The maximum atomic E-state index is 13.7. The molecule has 3 aromatic rings. The number of halogens is 3. The summed E-state index contributed by atoms with van der Waals surface area (Å²) in [5, 5.41) is 0.432. The van der Waals surface area contributed by atoms with Gasteiger partial charge in [-0.2, -0.15) is 0 Å². The molecule has 37 heavy (non-hydrogen) atoms. The van der Waals surface area contributed by atoms with E-state index in [1.165, 1.54) is 14.2 Å². The van der Waals surface area contributed by atoms with Gasteiger partial charge in [-0.25, -0.2) is 4.98 Å². The topological polar surface area (TPSA) is 99.7 Å². The summed E-state index contributed by atoms with van der Waals surface area (Å²) in [6.07, 6.45) is 0.739. The van der Waals surface area contributed by atoms with Crippen LogP contribution in [0.5, 0.6) is 11.5 Å². The molecule has 0 fully saturated rings. The predicted molar refractivity (Wildman–Crippen MR) is 145 cm³/mol. The number of nitrogens with zero attached hydrogens (tertiary/aromatic N) is 3. The normalized spacial score (nSPS) is 11.0. The minimum Gasteiger partial charge on any atom is -0.493 e. The Morgan fingerprint density at radius 2 is 1.76 bits per heavy atom. The molecule has 0 saturated carbocycles. The first kappa shape index (κ1) is 28.6. The second-order valence-electron chi connectivity index (χ2n) is 8.79. The van der Waals surface area contributed by atoms with Crippen LogP contribution in [-0.2, 0) is 13.1 Å². The predicted octanol–water partition coefficient (Wildman–Crippen LogP) is 5.70. The molecule has 0 unspecified atom stereocenters. The summed E-state index contributed by atoms with van der Waals surface area (Å²) in [6.45, 7) is 4.86. The summed E-state index contributed by atoms with van der Waals surface area (Å²) < 4.78 is 12.3. The second-order valence-corrected chi connectivity index (χ2v) is 9.88. The van der Waals surface area contributed by atoms with Gasteiger partial charge < -0.3 is 24.7 Å². The van der Waals surface area contributed by atoms with Crippen molar-refractivity contribution in [2.24, 2.45) is 11.7 Å². The van der Waals surface area contributed by atoms with E-state index in [1.54, 1.807) is 45.9 Å². The Labute approximate surface area is 231 Å². The average Bonchev–Trinajstić information content (AvgIpc) is 3.13. The van der Waals surface area contributed by atoms with Gasteiger partial charge in [0.2, 0.25) is 5.91 Å². The Morgan fingerprint density at radius 3 is 2.38 bits per heavy atom. The Balaban J connectivity index is 2.01. The fourth-order valence-electron chi connectivity index (χ4n) is 3.86. The Morgan fingerprint density at radius 1 is 1.05 bits per heavy atom. The van der Waals surface area contributed by atoms with Crippen LogP contribution in [-0.4, -0.2) is 47.0 Å². The first-order valence-electron chi connectivity index (χ1n) is 11.6. The average molecular weight is 568 g/mol. The van der Waals surface area contributed by atoms with E-state index in [1.807, 2.05) is 0 Å². The van der Waals surface area contributed by atoms with Gasteiger partial charge in [0, 0.05) is 12.1 Å². The molecule has 8 nitrogen and oxygen atoms in total. The lowest BCUT2D eigenvalue weighted by Crippen LogP contribution is -2.33. The molecule has 2 amide bonds. The van der Waals surface area contributed by atoms with Crippen LogP contribution in [0, 0.1) is 5.92 Å². The highest BCUT2D eigenvalue weighted by atomic mass is 35.5. The number of hydrogen-bond donors (Lipinski definition) is 1. The number of carbonyl (C=O) groups is 2. The molecule has 1 heterocycles. The molecule has 0 aliphatic heterocycles. The van der Waals surface area contributed by atoms with E-state index in [2.05, 4.69) is 18.8 Å². The summed E-state index contributed by atoms with van der Waals surface area (Å²) in [5.74, 6) is 0.602. The number of ether oxygens (including phenoxy) is 2. The van der Waals surface area contributed by atoms with Crippen molar-refractivity contribution in [1.82, 2.24) is 14.5 Å². The number of hydrogen-bond acceptors (Lipinski definition) is 5. The highest BCUT2D eigenvalue weighted by molar-refractivity contribution is 6.40. The van der Waals surface area contributed by atoms with Crippen LogP contribution in [0.15, 0.2) is 36.4 Å². The lowest BCUT2D eigenvalue weighted by atomic mass is 10.1. The SMILES string of the molecule is COc1ccc(C(=O)N(CCC(C)C)Cc2nc(Cl)c(Cl)n2Cc2ccccc2C(N)=O)c(Cl)c1OC. The number of benzene rings is 2. The van der Waals surface area contributed by atoms with Gasteiger partial charge in [-0.1, -0.05) is 66.8 Å². The second kappa shape index (κ2) is 12.5. The minimum absolute atomic E-state index is 0.0913. The third kappa shape index (κ3) is 6.50. The first-order valence-corrected chi connectivity index (χ1v) is 12.7. The van der Waals surface area contributed by atoms with Crippen molar-refractivity contribution >= 4 is 46.6 Å². The molecule has 2 N–H and O–H groups in total. The molecular formula is C26H29Cl3N4O4. The molecule has 3 rings (SSSR count). The van der Waals surface area contributed by atoms with Crippen molar-refractivity contribution in [2.75, 3.05) is 20.8 Å². The number of amides is 2. The van der Waals surface area contributed by atoms with Crippen molar-refractivity contribution in [3.63, 3.8) is 0 Å². The lowest BCUT2D eigenvalue weighted by molar-refractivity contribution is 0.0729. The van der Waals surface area contributed by atoms with Gasteiger partial charge in [0.15, 0.2) is 16.7 Å². The number of carbonyl (C=O) groups excluding carboxylic acids is 2. The Hall–Kier alpha value is -2.94. The number of aromatic nitrogens is 2. The highest BCUT2D eigenvalue weighted by Gasteiger charge is 2.26. The van der Waals surface area contributed by atoms with Gasteiger partial charge in [-0.15, -0.1) is 0 Å². The zero-order valence-corrected chi connectivity index (χ0v) is 23.3. The molecule has 0 radical (unpaired) electrons. The van der Waals surface area contributed by atoms with Gasteiger partial charge in [-0.3, -0.25) is 9.59 Å². The van der Waals surface area contributed by atoms with Crippen LogP contribution in [0.3, 0.4) is 0 Å². The van der Waals surface area contributed by atoms with Crippen LogP contribution in [0.25, 0.3) is 0 Å². The zero-order chi connectivity index (χ0) is 27.3. The van der Waals surface area contributed by atoms with Gasteiger partial charge >= 0.3 is 0 Å². The van der Waals surface area contributed by atoms with Gasteiger partial charge in [0.1, 0.15) is 11.0 Å². The fourth-order valence-corrected chi connectivity index (χ4v) is 4.57. The molecule has 0 saturated heterocycles. The van der Waals surface area contributed by atoms with Crippen molar-refractivity contribution in [2.45, 2.75) is 33.4 Å². The molecular weight excluding hydrogens is 539 g/mol. The molecule has 0 aliphatic carbocycles. The fraction of sp³-hybridized carbons (Fsp3) is 0.346. The maximum Gasteiger partial charge on any atom is 0.255 e. The highest BCUT2D eigenvalue weighted by Crippen LogP contribution is 2.38. The van der Waals surface area contributed by atoms with Gasteiger partial charge in [0.25, 0.3) is 5.91 Å². The molecule has 1 aromatic heterocycles. The first-order chi connectivity index (χ1) is 17.6. The van der Waals surface area contributed by atoms with Crippen LogP contribution in [0.4, 0.5) is 0 Å². The number of imidazole rings is 1. The van der Waals surface area contributed by atoms with Crippen LogP contribution in [0.2, 0.25) is 15.3 Å². The Kier molecular flexibility index (Phi) is 9.70. The van der Waals surface area contributed by atoms with Gasteiger partial charge in [0.05, 0.1) is 37.9 Å². The summed E-state index contributed by atoms with van der Waals surface area (Å²) in [6, 6.07) is 10.2. The van der Waals surface area contributed by atoms with E-state index in [0.717, 1.165) is 6.42 Å². The number of methoxy groups -OCH3 is 2. The van der Waals surface area contributed by atoms with Crippen LogP contribution < -0.4 is 15.2 Å². The van der Waals surface area contributed by atoms with Crippen molar-refractivity contribution in [3.8, 4) is 11.5 Å². The van der Waals surface area contributed by atoms with Crippen LogP contribution in [0.1, 0.15) is 52.4 Å². The van der Waals surface area contributed by atoms with Crippen molar-refractivity contribution in [1.29, 1.82) is 0 Å². The van der Waals surface area contributed by atoms with E-state index in [-0.39, 0.29) is 45.6 Å². The monoisotopic (exact) mass is 566 g/mol. The summed E-state index contributed by atoms with van der Waals surface area (Å²) in [5.41, 5.74) is 6.82. The summed E-state index contributed by atoms with van der Waals surface area (Å²) in [7, 11) is 2.95. The number of primary amides is 1. The largest absolute Gasteiger partial charge is 0.493 e. The number of rotatable bonds is 11. The number of nitrogens with two attached hydrogens (primary N) is 1. The molecule has 11 heteroatoms. The van der Waals surface area contributed by atoms with E-state index in [4.69, 9.17) is 50.0 Å². The van der Waals surface area contributed by atoms with E-state index < -0.39 is 5.91 Å². The minimum atomic E-state index is -0.559. The zero-order valence-electron chi connectivity index (χ0n) is 21.1. The molecule has 0 atom stereocenters. The molecule has 198 valence electrons. The molecule has 0 bridgehead atoms. The molecule has 0 spiro atoms. The molecule has 2 aromatic carbocycles. The Bertz CT molecular complexity index is 1290. The lowest BCUT2D eigenvalue weighted by Gasteiger charge is -2.25. The third-order valence-electron chi connectivity index (χ3n) is 5.87. The van der Waals surface area contributed by atoms with Gasteiger partial charge in [-0.05, 0) is 36.1 Å². The standard InChI is InChI=1S/C26H29Cl3N4O4/c1-15(2)11-12-32(26(35)18-9-10-19(36-3)22(37-4)21(18)27)14-20-31-23(28)24(29)33(20)13-16-7-5-6-8-17(16)25(30)34/h5-10,15H,11-14H2,1-4H3,(H2,30,34). The van der Waals surface area contributed by atoms with E-state index in [0.29, 0.717) is 35.2 Å². The molecule has 0 aliphatic rings. The smallest absolute Gasteiger partial charge is 0.255 e. The van der Waals surface area contributed by atoms with Crippen molar-refractivity contribution < 1.29 is 19.1 Å². The maximum absolute atomic E-state index is 13.7. The van der Waals surface area contributed by atoms with E-state index >= 15 is 0 Å². The quantitative estimate of drug-likeness (QED) is 0.321.